The van der Waals surface area contributed by atoms with Gasteiger partial charge in [0, 0.05) is 51.2 Å². The van der Waals surface area contributed by atoms with Crippen molar-refractivity contribution in [3.63, 3.8) is 0 Å². The summed E-state index contributed by atoms with van der Waals surface area (Å²) in [6, 6.07) is 7.26. The fraction of sp³-hybridized carbons (Fsp3) is 0.444. The average molecular weight is 364 g/mol. The van der Waals surface area contributed by atoms with E-state index in [1.807, 2.05) is 32.0 Å². The highest BCUT2D eigenvalue weighted by atomic mass is 35.5. The molecule has 1 aromatic heterocycles. The Bertz CT molecular complexity index is 752. The van der Waals surface area contributed by atoms with E-state index in [4.69, 9.17) is 11.6 Å². The highest BCUT2D eigenvalue weighted by molar-refractivity contribution is 6.31. The Labute approximate surface area is 152 Å². The van der Waals surface area contributed by atoms with Gasteiger partial charge in [-0.25, -0.2) is 14.4 Å². The topological polar surface area (TPSA) is 44.3 Å². The van der Waals surface area contributed by atoms with Gasteiger partial charge in [0.2, 0.25) is 5.95 Å². The molecule has 0 aliphatic carbocycles. The number of hydrogen-bond donors (Lipinski definition) is 1. The molecule has 1 saturated heterocycles. The minimum atomic E-state index is -0.380. The van der Waals surface area contributed by atoms with Crippen LogP contribution >= 0.6 is 11.6 Å². The molecule has 3 rings (SSSR count). The van der Waals surface area contributed by atoms with Crippen molar-refractivity contribution in [1.29, 1.82) is 0 Å². The lowest BCUT2D eigenvalue weighted by molar-refractivity contribution is 0.545. The van der Waals surface area contributed by atoms with Crippen molar-refractivity contribution in [3.8, 4) is 0 Å². The van der Waals surface area contributed by atoms with Crippen molar-refractivity contribution in [2.45, 2.75) is 25.9 Å². The van der Waals surface area contributed by atoms with E-state index in [1.54, 1.807) is 12.1 Å². The number of anilines is 2. The molecule has 2 aromatic rings. The van der Waals surface area contributed by atoms with Crippen molar-refractivity contribution in [1.82, 2.24) is 15.3 Å². The van der Waals surface area contributed by atoms with Crippen LogP contribution in [0, 0.1) is 12.7 Å². The molecule has 5 nitrogen and oxygen atoms in total. The molecule has 1 N–H and O–H groups in total. The fourth-order valence-corrected chi connectivity index (χ4v) is 3.17. The van der Waals surface area contributed by atoms with E-state index in [0.717, 1.165) is 42.5 Å². The van der Waals surface area contributed by atoms with Crippen LogP contribution in [0.4, 0.5) is 16.0 Å². The van der Waals surface area contributed by atoms with Gasteiger partial charge in [-0.05, 0) is 37.6 Å². The first-order valence-electron chi connectivity index (χ1n) is 8.37. The van der Waals surface area contributed by atoms with Gasteiger partial charge >= 0.3 is 0 Å². The van der Waals surface area contributed by atoms with E-state index in [-0.39, 0.29) is 10.8 Å². The maximum absolute atomic E-state index is 13.3. The van der Waals surface area contributed by atoms with E-state index in [0.29, 0.717) is 12.6 Å². The standard InChI is InChI=1S/C18H23ClFN5/c1-12-8-14(23-18(22-12)24(2)3)10-21-13-6-7-25(11-13)15-4-5-17(20)16(19)9-15/h4-5,8-9,13,21H,6-7,10-11H2,1-3H3/t13-/m0/s1. The maximum Gasteiger partial charge on any atom is 0.225 e. The lowest BCUT2D eigenvalue weighted by atomic mass is 10.2. The van der Waals surface area contributed by atoms with Crippen molar-refractivity contribution >= 4 is 23.2 Å². The Morgan fingerprint density at radius 3 is 2.84 bits per heavy atom. The van der Waals surface area contributed by atoms with Gasteiger partial charge in [0.25, 0.3) is 0 Å². The molecule has 0 saturated carbocycles. The number of nitrogens with one attached hydrogen (secondary N) is 1. The number of halogens is 2. The van der Waals surface area contributed by atoms with E-state index in [2.05, 4.69) is 20.2 Å². The van der Waals surface area contributed by atoms with Gasteiger partial charge in [0.05, 0.1) is 10.7 Å². The summed E-state index contributed by atoms with van der Waals surface area (Å²) in [4.78, 5) is 13.1. The number of rotatable bonds is 5. The number of nitrogens with zero attached hydrogens (tertiary/aromatic N) is 4. The first kappa shape index (κ1) is 17.9. The van der Waals surface area contributed by atoms with Gasteiger partial charge in [-0.2, -0.15) is 0 Å². The lowest BCUT2D eigenvalue weighted by Gasteiger charge is -2.19. The van der Waals surface area contributed by atoms with Crippen molar-refractivity contribution in [2.24, 2.45) is 0 Å². The molecule has 1 aromatic carbocycles. The summed E-state index contributed by atoms with van der Waals surface area (Å²) in [6.07, 6.45) is 1.03. The molecule has 1 aliphatic rings. The number of hydrogen-bond acceptors (Lipinski definition) is 5. The van der Waals surface area contributed by atoms with Crippen molar-refractivity contribution < 1.29 is 4.39 Å². The van der Waals surface area contributed by atoms with Crippen LogP contribution in [0.1, 0.15) is 17.8 Å². The van der Waals surface area contributed by atoms with Gasteiger partial charge in [-0.1, -0.05) is 11.6 Å². The Morgan fingerprint density at radius 2 is 2.12 bits per heavy atom. The summed E-state index contributed by atoms with van der Waals surface area (Å²) in [5.41, 5.74) is 2.91. The molecule has 134 valence electrons. The fourth-order valence-electron chi connectivity index (χ4n) is 3.00. The van der Waals surface area contributed by atoms with Gasteiger partial charge in [0.15, 0.2) is 0 Å². The van der Waals surface area contributed by atoms with E-state index in [1.165, 1.54) is 6.07 Å². The Balaban J connectivity index is 1.59. The Morgan fingerprint density at radius 1 is 1.32 bits per heavy atom. The zero-order valence-corrected chi connectivity index (χ0v) is 15.5. The molecule has 0 unspecified atom stereocenters. The molecule has 0 radical (unpaired) electrons. The highest BCUT2D eigenvalue weighted by Gasteiger charge is 2.23. The third-order valence-electron chi connectivity index (χ3n) is 4.32. The molecule has 0 bridgehead atoms. The average Bonchev–Trinajstić information content (AvgIpc) is 3.04. The van der Waals surface area contributed by atoms with Crippen LogP contribution in [0.2, 0.25) is 5.02 Å². The minimum absolute atomic E-state index is 0.168. The molecule has 0 amide bonds. The molecule has 1 fully saturated rings. The Hall–Kier alpha value is -1.92. The van der Waals surface area contributed by atoms with Crippen LogP contribution in [0.5, 0.6) is 0 Å². The van der Waals surface area contributed by atoms with E-state index >= 15 is 0 Å². The molecular formula is C18H23ClFN5. The first-order chi connectivity index (χ1) is 11.9. The number of aromatic nitrogens is 2. The second-order valence-corrected chi connectivity index (χ2v) is 7.01. The zero-order valence-electron chi connectivity index (χ0n) is 14.8. The summed E-state index contributed by atoms with van der Waals surface area (Å²) in [5, 5.41) is 3.73. The third-order valence-corrected chi connectivity index (χ3v) is 4.61. The predicted molar refractivity (Wildman–Crippen MR) is 100.0 cm³/mol. The second kappa shape index (κ2) is 7.54. The predicted octanol–water partition coefficient (Wildman–Crippen LogP) is 3.01. The lowest BCUT2D eigenvalue weighted by Crippen LogP contribution is -2.32. The van der Waals surface area contributed by atoms with Gasteiger partial charge in [-0.3, -0.25) is 0 Å². The highest BCUT2D eigenvalue weighted by Crippen LogP contribution is 2.25. The molecule has 2 heterocycles. The van der Waals surface area contributed by atoms with Crippen LogP contribution in [-0.4, -0.2) is 43.2 Å². The monoisotopic (exact) mass is 363 g/mol. The van der Waals surface area contributed by atoms with Crippen LogP contribution < -0.4 is 15.1 Å². The van der Waals surface area contributed by atoms with Gasteiger partial charge < -0.3 is 15.1 Å². The van der Waals surface area contributed by atoms with Crippen LogP contribution in [-0.2, 0) is 6.54 Å². The zero-order chi connectivity index (χ0) is 18.0. The van der Waals surface area contributed by atoms with Crippen molar-refractivity contribution in [2.75, 3.05) is 37.0 Å². The number of benzene rings is 1. The number of aryl methyl sites for hydroxylation is 1. The van der Waals surface area contributed by atoms with E-state index in [9.17, 15) is 4.39 Å². The summed E-state index contributed by atoms with van der Waals surface area (Å²) >= 11 is 5.89. The van der Waals surface area contributed by atoms with Gasteiger partial charge in [0.1, 0.15) is 5.82 Å². The molecule has 1 atom stereocenters. The molecule has 25 heavy (non-hydrogen) atoms. The molecule has 1 aliphatic heterocycles. The summed E-state index contributed by atoms with van der Waals surface area (Å²) in [5.74, 6) is 0.348. The molecule has 0 spiro atoms. The Kier molecular flexibility index (Phi) is 5.39. The quantitative estimate of drug-likeness (QED) is 0.884. The SMILES string of the molecule is Cc1cc(CN[C@H]2CCN(c3ccc(F)c(Cl)c3)C2)nc(N(C)C)n1. The summed E-state index contributed by atoms with van der Waals surface area (Å²) in [7, 11) is 3.88. The smallest absolute Gasteiger partial charge is 0.225 e. The molecular weight excluding hydrogens is 341 g/mol. The summed E-state index contributed by atoms with van der Waals surface area (Å²) in [6.45, 7) is 4.47. The van der Waals surface area contributed by atoms with Crippen LogP contribution in [0.3, 0.4) is 0 Å². The van der Waals surface area contributed by atoms with Gasteiger partial charge in [-0.15, -0.1) is 0 Å². The van der Waals surface area contributed by atoms with Crippen molar-refractivity contribution in [3.05, 3.63) is 46.5 Å². The van der Waals surface area contributed by atoms with Crippen LogP contribution in [0.25, 0.3) is 0 Å². The molecule has 7 heteroatoms. The van der Waals surface area contributed by atoms with Crippen LogP contribution in [0.15, 0.2) is 24.3 Å². The second-order valence-electron chi connectivity index (χ2n) is 6.61. The first-order valence-corrected chi connectivity index (χ1v) is 8.75. The third kappa shape index (κ3) is 4.38. The largest absolute Gasteiger partial charge is 0.370 e. The maximum atomic E-state index is 13.3. The minimum Gasteiger partial charge on any atom is -0.370 e. The van der Waals surface area contributed by atoms with E-state index < -0.39 is 0 Å². The normalized spacial score (nSPS) is 17.2. The summed E-state index contributed by atoms with van der Waals surface area (Å²) < 4.78 is 13.3.